The Hall–Kier alpha value is -1.64. The predicted molar refractivity (Wildman–Crippen MR) is 118 cm³/mol. The van der Waals surface area contributed by atoms with Gasteiger partial charge in [-0.1, -0.05) is 26.0 Å². The summed E-state index contributed by atoms with van der Waals surface area (Å²) >= 11 is 0. The van der Waals surface area contributed by atoms with E-state index in [4.69, 9.17) is 4.74 Å². The van der Waals surface area contributed by atoms with Gasteiger partial charge in [-0.2, -0.15) is 0 Å². The minimum atomic E-state index is -0.496. The fourth-order valence-electron chi connectivity index (χ4n) is 8.16. The maximum atomic E-state index is 12.4. The van der Waals surface area contributed by atoms with Crippen LogP contribution in [-0.2, 0) is 14.3 Å². The quantitative estimate of drug-likeness (QED) is 0.530. The first-order valence-corrected chi connectivity index (χ1v) is 11.9. The molecule has 5 rings (SSSR count). The van der Waals surface area contributed by atoms with Crippen molar-refractivity contribution in [1.29, 1.82) is 0 Å². The van der Waals surface area contributed by atoms with Crippen molar-refractivity contribution in [3.63, 3.8) is 0 Å². The van der Waals surface area contributed by atoms with Gasteiger partial charge < -0.3 is 4.74 Å². The number of fused-ring (bicyclic) bond motifs is 5. The number of hydrogen-bond donors (Lipinski definition) is 0. The van der Waals surface area contributed by atoms with E-state index in [1.807, 2.05) is 26.8 Å². The molecule has 0 N–H and O–H groups in total. The lowest BCUT2D eigenvalue weighted by atomic mass is 9.47. The van der Waals surface area contributed by atoms with Crippen molar-refractivity contribution in [2.45, 2.75) is 85.2 Å². The average Bonchev–Trinajstić information content (AvgIpc) is 3.16. The molecular formula is C27H36O3. The molecule has 0 spiro atoms. The zero-order valence-corrected chi connectivity index (χ0v) is 19.2. The molecule has 6 atom stereocenters. The highest BCUT2D eigenvalue weighted by atomic mass is 16.6. The van der Waals surface area contributed by atoms with Crippen LogP contribution in [0.5, 0.6) is 0 Å². The van der Waals surface area contributed by atoms with Crippen molar-refractivity contribution in [3.05, 3.63) is 34.9 Å². The van der Waals surface area contributed by atoms with E-state index >= 15 is 0 Å². The normalized spacial score (nSPS) is 44.2. The third-order valence-electron chi connectivity index (χ3n) is 9.67. The highest BCUT2D eigenvalue weighted by Gasteiger charge is 2.59. The number of esters is 1. The summed E-state index contributed by atoms with van der Waals surface area (Å²) < 4.78 is 5.53. The molecule has 30 heavy (non-hydrogen) atoms. The smallest absolute Gasteiger partial charge is 0.339 e. The van der Waals surface area contributed by atoms with E-state index in [9.17, 15) is 9.59 Å². The lowest BCUT2D eigenvalue weighted by Crippen LogP contribution is -2.49. The van der Waals surface area contributed by atoms with E-state index in [-0.39, 0.29) is 22.7 Å². The van der Waals surface area contributed by atoms with E-state index in [1.54, 1.807) is 0 Å². The van der Waals surface area contributed by atoms with E-state index in [1.165, 1.54) is 24.8 Å². The van der Waals surface area contributed by atoms with Crippen LogP contribution < -0.4 is 0 Å². The minimum Gasteiger partial charge on any atom is -0.452 e. The van der Waals surface area contributed by atoms with Crippen LogP contribution in [0.3, 0.4) is 0 Å². The first-order valence-electron chi connectivity index (χ1n) is 11.9. The minimum absolute atomic E-state index is 0.168. The second kappa shape index (κ2) is 6.43. The van der Waals surface area contributed by atoms with Gasteiger partial charge in [0, 0.05) is 5.92 Å². The Kier molecular flexibility index (Phi) is 4.35. The molecule has 1 aliphatic heterocycles. The van der Waals surface area contributed by atoms with Gasteiger partial charge in [-0.05, 0) is 112 Å². The number of rotatable bonds is 2. The Balaban J connectivity index is 1.46. The van der Waals surface area contributed by atoms with Crippen LogP contribution in [0.15, 0.2) is 34.9 Å². The molecule has 0 aromatic rings. The summed E-state index contributed by atoms with van der Waals surface area (Å²) in [6, 6.07) is 0. The molecule has 1 heterocycles. The second-order valence-electron chi connectivity index (χ2n) is 11.7. The standard InChI is InChI=1S/C27H36O3/c1-16(28)21-8-9-22-19-7-6-18-14-17(20-15-25(2,3)30-24(20)29)10-12-26(18,4)23(19)11-13-27(21,22)5/h6,14-15,19,21-23H,7-13H2,1-5H3/t19?,21?,22?,23?,26-,27+/m0/s1. The van der Waals surface area contributed by atoms with Crippen molar-refractivity contribution < 1.29 is 14.3 Å². The van der Waals surface area contributed by atoms with Crippen LogP contribution in [0.2, 0.25) is 0 Å². The third-order valence-corrected chi connectivity index (χ3v) is 9.67. The SMILES string of the molecule is CC(=O)C1CCC2C3CC=C4C=C(C5=CC(C)(C)OC5=O)CC[C@]4(C)C3CC[C@]12C. The van der Waals surface area contributed by atoms with Gasteiger partial charge in [0.2, 0.25) is 0 Å². The summed E-state index contributed by atoms with van der Waals surface area (Å²) in [6.45, 7) is 10.6. The van der Waals surface area contributed by atoms with Gasteiger partial charge in [0.05, 0.1) is 5.57 Å². The Labute approximate surface area is 181 Å². The van der Waals surface area contributed by atoms with Gasteiger partial charge in [-0.3, -0.25) is 4.79 Å². The molecule has 0 saturated heterocycles. The molecule has 3 nitrogen and oxygen atoms in total. The van der Waals surface area contributed by atoms with E-state index in [0.717, 1.165) is 36.8 Å². The number of hydrogen-bond acceptors (Lipinski definition) is 3. The summed E-state index contributed by atoms with van der Waals surface area (Å²) in [5.74, 6) is 2.58. The van der Waals surface area contributed by atoms with Crippen LogP contribution in [0.1, 0.15) is 79.6 Å². The van der Waals surface area contributed by atoms with Crippen LogP contribution in [0.25, 0.3) is 0 Å². The predicted octanol–water partition coefficient (Wildman–Crippen LogP) is 5.95. The number of ketones is 1. The molecule has 5 aliphatic rings. The molecule has 3 heteroatoms. The van der Waals surface area contributed by atoms with Gasteiger partial charge in [-0.15, -0.1) is 0 Å². The molecule has 0 amide bonds. The Bertz CT molecular complexity index is 903. The fourth-order valence-corrected chi connectivity index (χ4v) is 8.16. The van der Waals surface area contributed by atoms with Gasteiger partial charge in [0.25, 0.3) is 0 Å². The summed E-state index contributed by atoms with van der Waals surface area (Å²) in [7, 11) is 0. The van der Waals surface area contributed by atoms with E-state index in [0.29, 0.717) is 23.5 Å². The highest BCUT2D eigenvalue weighted by Crippen LogP contribution is 2.66. The largest absolute Gasteiger partial charge is 0.452 e. The van der Waals surface area contributed by atoms with Crippen LogP contribution in [0.4, 0.5) is 0 Å². The first kappa shape index (κ1) is 20.3. The van der Waals surface area contributed by atoms with Crippen molar-refractivity contribution >= 4 is 11.8 Å². The molecule has 0 aromatic carbocycles. The van der Waals surface area contributed by atoms with Crippen LogP contribution >= 0.6 is 0 Å². The van der Waals surface area contributed by atoms with Gasteiger partial charge in [0.1, 0.15) is 11.4 Å². The van der Waals surface area contributed by atoms with Crippen molar-refractivity contribution in [3.8, 4) is 0 Å². The molecule has 0 bridgehead atoms. The third kappa shape index (κ3) is 2.76. The number of carbonyl (C=O) groups excluding carboxylic acids is 2. The fraction of sp³-hybridized carbons (Fsp3) is 0.704. The Morgan fingerprint density at radius 3 is 2.50 bits per heavy atom. The summed E-state index contributed by atoms with van der Waals surface area (Å²) in [6.07, 6.45) is 14.7. The molecule has 0 aromatic heterocycles. The molecule has 4 aliphatic carbocycles. The van der Waals surface area contributed by atoms with Crippen molar-refractivity contribution in [2.75, 3.05) is 0 Å². The van der Waals surface area contributed by atoms with Crippen molar-refractivity contribution in [1.82, 2.24) is 0 Å². The van der Waals surface area contributed by atoms with E-state index in [2.05, 4.69) is 26.0 Å². The molecule has 4 unspecified atom stereocenters. The highest BCUT2D eigenvalue weighted by molar-refractivity contribution is 5.96. The summed E-state index contributed by atoms with van der Waals surface area (Å²) in [5.41, 5.74) is 3.28. The average molecular weight is 409 g/mol. The topological polar surface area (TPSA) is 43.4 Å². The first-order chi connectivity index (χ1) is 14.1. The van der Waals surface area contributed by atoms with Crippen LogP contribution in [-0.4, -0.2) is 17.4 Å². The molecular weight excluding hydrogens is 372 g/mol. The maximum absolute atomic E-state index is 12.4. The second-order valence-corrected chi connectivity index (χ2v) is 11.7. The monoisotopic (exact) mass is 408 g/mol. The number of cyclic esters (lactones) is 1. The number of ether oxygens (including phenoxy) is 1. The lowest BCUT2D eigenvalue weighted by molar-refractivity contribution is -0.144. The van der Waals surface area contributed by atoms with Gasteiger partial charge >= 0.3 is 5.97 Å². The van der Waals surface area contributed by atoms with E-state index < -0.39 is 5.60 Å². The van der Waals surface area contributed by atoms with Gasteiger partial charge in [-0.25, -0.2) is 4.79 Å². The van der Waals surface area contributed by atoms with Gasteiger partial charge in [0.15, 0.2) is 0 Å². The molecule has 0 radical (unpaired) electrons. The van der Waals surface area contributed by atoms with Crippen molar-refractivity contribution in [2.24, 2.45) is 34.5 Å². The molecule has 2 saturated carbocycles. The maximum Gasteiger partial charge on any atom is 0.339 e. The number of carbonyl (C=O) groups is 2. The lowest BCUT2D eigenvalue weighted by Gasteiger charge is -2.57. The zero-order chi connectivity index (χ0) is 21.5. The molecule has 2 fully saturated rings. The van der Waals surface area contributed by atoms with Crippen LogP contribution in [0, 0.1) is 34.5 Å². The summed E-state index contributed by atoms with van der Waals surface area (Å²) in [5, 5.41) is 0. The Morgan fingerprint density at radius 1 is 1.07 bits per heavy atom. The summed E-state index contributed by atoms with van der Waals surface area (Å²) in [4.78, 5) is 24.8. The molecule has 162 valence electrons. The number of allylic oxidation sites excluding steroid dienone is 3. The number of Topliss-reactive ketones (excluding diaryl/α,β-unsaturated/α-hetero) is 1. The Morgan fingerprint density at radius 2 is 1.83 bits per heavy atom. The zero-order valence-electron chi connectivity index (χ0n) is 19.2.